The fourth-order valence-electron chi connectivity index (χ4n) is 1.87. The molecular formula is C14H18N2. The summed E-state index contributed by atoms with van der Waals surface area (Å²) in [4.78, 5) is 6.81. The summed E-state index contributed by atoms with van der Waals surface area (Å²) in [7, 11) is 0. The maximum Gasteiger partial charge on any atom is 0.0863 e. The largest absolute Gasteiger partial charge is 0.366 e. The molecule has 2 heterocycles. The van der Waals surface area contributed by atoms with Gasteiger partial charge in [-0.25, -0.2) is 0 Å². The van der Waals surface area contributed by atoms with Gasteiger partial charge in [-0.1, -0.05) is 31.6 Å². The van der Waals surface area contributed by atoms with Crippen molar-refractivity contribution < 1.29 is 0 Å². The molecule has 1 aromatic heterocycles. The summed E-state index contributed by atoms with van der Waals surface area (Å²) < 4.78 is 0. The lowest BCUT2D eigenvalue weighted by Crippen LogP contribution is -2.25. The zero-order valence-corrected chi connectivity index (χ0v) is 9.76. The van der Waals surface area contributed by atoms with Gasteiger partial charge in [0.2, 0.25) is 0 Å². The zero-order valence-electron chi connectivity index (χ0n) is 9.76. The Morgan fingerprint density at radius 3 is 3.06 bits per heavy atom. The first-order valence-corrected chi connectivity index (χ1v) is 5.95. The summed E-state index contributed by atoms with van der Waals surface area (Å²) >= 11 is 0. The van der Waals surface area contributed by atoms with Gasteiger partial charge < -0.3 is 4.90 Å². The van der Waals surface area contributed by atoms with Crippen LogP contribution >= 0.6 is 0 Å². The van der Waals surface area contributed by atoms with Crippen LogP contribution in [0.25, 0.3) is 5.70 Å². The van der Waals surface area contributed by atoms with E-state index in [1.807, 2.05) is 18.3 Å². The molecule has 0 aromatic carbocycles. The highest BCUT2D eigenvalue weighted by atomic mass is 15.1. The van der Waals surface area contributed by atoms with Crippen LogP contribution in [-0.4, -0.2) is 23.0 Å². The molecule has 0 spiro atoms. The fourth-order valence-corrected chi connectivity index (χ4v) is 1.87. The van der Waals surface area contributed by atoms with Crippen LogP contribution in [0.5, 0.6) is 0 Å². The highest BCUT2D eigenvalue weighted by Gasteiger charge is 2.12. The van der Waals surface area contributed by atoms with Gasteiger partial charge in [-0.05, 0) is 24.6 Å². The molecule has 2 heteroatoms. The summed E-state index contributed by atoms with van der Waals surface area (Å²) in [5.74, 6) is 0. The molecule has 1 aromatic rings. The fraction of sp³-hybridized carbons (Fsp3) is 0.357. The Kier molecular flexibility index (Phi) is 3.76. The van der Waals surface area contributed by atoms with E-state index in [9.17, 15) is 0 Å². The molecule has 0 amide bonds. The minimum Gasteiger partial charge on any atom is -0.366 e. The number of allylic oxidation sites excluding steroid dienone is 2. The normalized spacial score (nSPS) is 15.1. The smallest absolute Gasteiger partial charge is 0.0863 e. The summed E-state index contributed by atoms with van der Waals surface area (Å²) in [6.45, 7) is 4.34. The van der Waals surface area contributed by atoms with Crippen molar-refractivity contribution in [1.29, 1.82) is 0 Å². The minimum atomic E-state index is 1.00. The van der Waals surface area contributed by atoms with Gasteiger partial charge in [0, 0.05) is 19.3 Å². The van der Waals surface area contributed by atoms with Crippen LogP contribution in [0.3, 0.4) is 0 Å². The molecule has 1 aliphatic heterocycles. The lowest BCUT2D eigenvalue weighted by Gasteiger charge is -2.27. The molecule has 2 rings (SSSR count). The average Bonchev–Trinajstić information content (AvgIpc) is 2.38. The Hall–Kier alpha value is -1.57. The second-order valence-corrected chi connectivity index (χ2v) is 3.99. The van der Waals surface area contributed by atoms with Crippen LogP contribution in [-0.2, 0) is 0 Å². The first-order chi connectivity index (χ1) is 7.92. The monoisotopic (exact) mass is 214 g/mol. The summed E-state index contributed by atoms with van der Waals surface area (Å²) in [5.41, 5.74) is 2.32. The van der Waals surface area contributed by atoms with Gasteiger partial charge in [0.1, 0.15) is 0 Å². The Labute approximate surface area is 97.3 Å². The third-order valence-electron chi connectivity index (χ3n) is 2.77. The van der Waals surface area contributed by atoms with E-state index >= 15 is 0 Å². The van der Waals surface area contributed by atoms with E-state index < -0.39 is 0 Å². The summed E-state index contributed by atoms with van der Waals surface area (Å²) in [6, 6.07) is 6.07. The second-order valence-electron chi connectivity index (χ2n) is 3.99. The highest BCUT2D eigenvalue weighted by Crippen LogP contribution is 2.20. The molecule has 0 saturated heterocycles. The number of unbranched alkanes of at least 4 members (excludes halogenated alkanes) is 1. The lowest BCUT2D eigenvalue weighted by atomic mass is 10.1. The van der Waals surface area contributed by atoms with E-state index in [4.69, 9.17) is 0 Å². The number of nitrogens with zero attached hydrogens (tertiary/aromatic N) is 2. The van der Waals surface area contributed by atoms with Crippen LogP contribution < -0.4 is 0 Å². The van der Waals surface area contributed by atoms with Crippen molar-refractivity contribution in [3.8, 4) is 0 Å². The van der Waals surface area contributed by atoms with Gasteiger partial charge >= 0.3 is 0 Å². The summed E-state index contributed by atoms with van der Waals surface area (Å²) in [6.07, 6.45) is 10.8. The van der Waals surface area contributed by atoms with Crippen LogP contribution in [0.15, 0.2) is 42.6 Å². The van der Waals surface area contributed by atoms with Gasteiger partial charge in [0.05, 0.1) is 11.4 Å². The van der Waals surface area contributed by atoms with Crippen molar-refractivity contribution in [1.82, 2.24) is 9.88 Å². The van der Waals surface area contributed by atoms with Gasteiger partial charge in [-0.15, -0.1) is 0 Å². The van der Waals surface area contributed by atoms with E-state index in [0.29, 0.717) is 0 Å². The molecule has 0 saturated carbocycles. The molecule has 0 unspecified atom stereocenters. The molecule has 0 N–H and O–H groups in total. The molecule has 0 bridgehead atoms. The van der Waals surface area contributed by atoms with Gasteiger partial charge in [0.25, 0.3) is 0 Å². The number of rotatable bonds is 4. The van der Waals surface area contributed by atoms with Gasteiger partial charge in [-0.3, -0.25) is 4.98 Å². The zero-order chi connectivity index (χ0) is 11.2. The highest BCUT2D eigenvalue weighted by molar-refractivity contribution is 5.63. The second kappa shape index (κ2) is 5.50. The molecule has 2 nitrogen and oxygen atoms in total. The molecular weight excluding hydrogens is 196 g/mol. The Morgan fingerprint density at radius 2 is 2.31 bits per heavy atom. The molecule has 1 aliphatic rings. The third-order valence-corrected chi connectivity index (χ3v) is 2.77. The minimum absolute atomic E-state index is 1.00. The van der Waals surface area contributed by atoms with E-state index in [0.717, 1.165) is 18.8 Å². The van der Waals surface area contributed by atoms with Gasteiger partial charge in [-0.2, -0.15) is 0 Å². The Balaban J connectivity index is 2.16. The topological polar surface area (TPSA) is 16.1 Å². The van der Waals surface area contributed by atoms with Crippen molar-refractivity contribution in [3.63, 3.8) is 0 Å². The first-order valence-electron chi connectivity index (χ1n) is 5.95. The predicted molar refractivity (Wildman–Crippen MR) is 67.8 cm³/mol. The SMILES string of the molecule is CCCCN1CC=CC=C1c1ccccn1. The number of hydrogen-bond acceptors (Lipinski definition) is 2. The van der Waals surface area contributed by atoms with E-state index in [1.54, 1.807) is 0 Å². The molecule has 0 fully saturated rings. The standard InChI is InChI=1S/C14H18N2/c1-2-3-11-16-12-7-5-9-14(16)13-8-4-6-10-15-13/h4-10H,2-3,11-12H2,1H3. The van der Waals surface area contributed by atoms with Gasteiger partial charge in [0.15, 0.2) is 0 Å². The molecule has 16 heavy (non-hydrogen) atoms. The van der Waals surface area contributed by atoms with Crippen molar-refractivity contribution >= 4 is 5.70 Å². The Bertz CT molecular complexity index is 379. The number of hydrogen-bond donors (Lipinski definition) is 0. The van der Waals surface area contributed by atoms with Crippen LogP contribution in [0.1, 0.15) is 25.5 Å². The quantitative estimate of drug-likeness (QED) is 0.765. The number of aromatic nitrogens is 1. The van der Waals surface area contributed by atoms with Crippen molar-refractivity contribution in [3.05, 3.63) is 48.3 Å². The van der Waals surface area contributed by atoms with E-state index in [2.05, 4.69) is 41.1 Å². The van der Waals surface area contributed by atoms with Crippen LogP contribution in [0.4, 0.5) is 0 Å². The average molecular weight is 214 g/mol. The molecule has 0 atom stereocenters. The lowest BCUT2D eigenvalue weighted by molar-refractivity contribution is 0.420. The Morgan fingerprint density at radius 1 is 1.38 bits per heavy atom. The van der Waals surface area contributed by atoms with Crippen molar-refractivity contribution in [2.75, 3.05) is 13.1 Å². The first kappa shape index (κ1) is 10.9. The van der Waals surface area contributed by atoms with Crippen molar-refractivity contribution in [2.24, 2.45) is 0 Å². The van der Waals surface area contributed by atoms with Crippen LogP contribution in [0, 0.1) is 0 Å². The molecule has 84 valence electrons. The van der Waals surface area contributed by atoms with Crippen molar-refractivity contribution in [2.45, 2.75) is 19.8 Å². The number of pyridine rings is 1. The maximum absolute atomic E-state index is 4.42. The predicted octanol–water partition coefficient (Wildman–Crippen LogP) is 3.09. The summed E-state index contributed by atoms with van der Waals surface area (Å²) in [5, 5.41) is 0. The van der Waals surface area contributed by atoms with E-state index in [-0.39, 0.29) is 0 Å². The third kappa shape index (κ3) is 2.51. The van der Waals surface area contributed by atoms with Crippen LogP contribution in [0.2, 0.25) is 0 Å². The molecule has 0 radical (unpaired) electrons. The van der Waals surface area contributed by atoms with E-state index in [1.165, 1.54) is 18.5 Å². The maximum atomic E-state index is 4.42. The molecule has 0 aliphatic carbocycles.